The summed E-state index contributed by atoms with van der Waals surface area (Å²) in [6.45, 7) is 1.92. The van der Waals surface area contributed by atoms with Gasteiger partial charge >= 0.3 is 6.61 Å². The van der Waals surface area contributed by atoms with Crippen LogP contribution in [0.1, 0.15) is 31.1 Å². The number of rotatable bonds is 6. The first-order valence-corrected chi connectivity index (χ1v) is 9.94. The van der Waals surface area contributed by atoms with Crippen LogP contribution in [0.4, 0.5) is 14.5 Å². The Morgan fingerprint density at radius 3 is 2.39 bits per heavy atom. The van der Waals surface area contributed by atoms with E-state index < -0.39 is 28.1 Å². The van der Waals surface area contributed by atoms with Gasteiger partial charge in [-0.15, -0.1) is 0 Å². The highest BCUT2D eigenvalue weighted by atomic mass is 35.5. The van der Waals surface area contributed by atoms with Crippen molar-refractivity contribution in [1.82, 2.24) is 4.72 Å². The third-order valence-corrected chi connectivity index (χ3v) is 5.51. The second-order valence-electron chi connectivity index (χ2n) is 6.83. The Bertz CT molecular complexity index is 976. The molecule has 0 aliphatic carbocycles. The number of halogens is 3. The number of para-hydroxylation sites is 2. The van der Waals surface area contributed by atoms with Crippen LogP contribution in [0.5, 0.6) is 5.75 Å². The molecule has 6 nitrogen and oxygen atoms in total. The fraction of sp³-hybridized carbons (Fsp3) is 0.278. The zero-order valence-corrected chi connectivity index (χ0v) is 16.9. The Morgan fingerprint density at radius 1 is 1.14 bits per heavy atom. The number of anilines is 1. The molecule has 0 radical (unpaired) electrons. The Morgan fingerprint density at radius 2 is 1.79 bits per heavy atom. The predicted molar refractivity (Wildman–Crippen MR) is 103 cm³/mol. The first-order valence-electron chi connectivity index (χ1n) is 8.08. The molecule has 0 aromatic heterocycles. The summed E-state index contributed by atoms with van der Waals surface area (Å²) in [5.74, 6) is -0.934. The molecular formula is C18H19ClF2N2O4S. The van der Waals surface area contributed by atoms with Gasteiger partial charge in [-0.2, -0.15) is 8.78 Å². The molecule has 0 aliphatic rings. The topological polar surface area (TPSA) is 84.5 Å². The van der Waals surface area contributed by atoms with Gasteiger partial charge in [0, 0.05) is 11.1 Å². The van der Waals surface area contributed by atoms with E-state index in [1.807, 2.05) is 0 Å². The normalized spacial score (nSPS) is 12.1. The minimum atomic E-state index is -3.99. The monoisotopic (exact) mass is 432 g/mol. The number of amides is 1. The number of hydrogen-bond acceptors (Lipinski definition) is 4. The van der Waals surface area contributed by atoms with Gasteiger partial charge in [-0.3, -0.25) is 4.79 Å². The van der Waals surface area contributed by atoms with Crippen LogP contribution in [-0.4, -0.2) is 26.5 Å². The molecule has 0 saturated heterocycles. The summed E-state index contributed by atoms with van der Waals surface area (Å²) in [5, 5.41) is 2.36. The second-order valence-corrected chi connectivity index (χ2v) is 8.89. The van der Waals surface area contributed by atoms with Gasteiger partial charge in [0.1, 0.15) is 10.6 Å². The van der Waals surface area contributed by atoms with E-state index in [0.29, 0.717) is 0 Å². The van der Waals surface area contributed by atoms with E-state index in [2.05, 4.69) is 14.8 Å². The molecule has 0 heterocycles. The summed E-state index contributed by atoms with van der Waals surface area (Å²) in [4.78, 5) is 12.2. The van der Waals surface area contributed by atoms with E-state index >= 15 is 0 Å². The fourth-order valence-corrected chi connectivity index (χ4v) is 4.22. The van der Waals surface area contributed by atoms with Gasteiger partial charge in [0.25, 0.3) is 5.91 Å². The Balaban J connectivity index is 2.34. The van der Waals surface area contributed by atoms with Crippen LogP contribution in [0.3, 0.4) is 0 Å². The highest BCUT2D eigenvalue weighted by molar-refractivity contribution is 7.89. The average Bonchev–Trinajstić information content (AvgIpc) is 2.54. The fourth-order valence-electron chi connectivity index (χ4n) is 2.27. The van der Waals surface area contributed by atoms with E-state index in [4.69, 9.17) is 11.6 Å². The van der Waals surface area contributed by atoms with E-state index in [-0.39, 0.29) is 26.9 Å². The quantitative estimate of drug-likeness (QED) is 0.713. The highest BCUT2D eigenvalue weighted by Gasteiger charge is 2.25. The molecule has 0 aliphatic heterocycles. The van der Waals surface area contributed by atoms with Crippen molar-refractivity contribution in [3.05, 3.63) is 53.1 Å². The Labute approximate surface area is 166 Å². The maximum absolute atomic E-state index is 12.5. The molecule has 0 spiro atoms. The van der Waals surface area contributed by atoms with Crippen molar-refractivity contribution in [2.45, 2.75) is 37.8 Å². The summed E-state index contributed by atoms with van der Waals surface area (Å²) in [7, 11) is -3.99. The number of benzene rings is 2. The number of nitrogens with one attached hydrogen (secondary N) is 2. The Hall–Kier alpha value is -2.23. The van der Waals surface area contributed by atoms with E-state index in [1.165, 1.54) is 36.4 Å². The van der Waals surface area contributed by atoms with Gasteiger partial charge in [0.05, 0.1) is 10.7 Å². The SMILES string of the molecule is CC(C)(C)NS(=O)(=O)c1cc(C(=O)Nc2ccccc2OC(F)F)ccc1Cl. The largest absolute Gasteiger partial charge is 0.433 e. The van der Waals surface area contributed by atoms with Crippen molar-refractivity contribution < 1.29 is 26.7 Å². The molecule has 0 fully saturated rings. The molecule has 2 N–H and O–H groups in total. The predicted octanol–water partition coefficient (Wildman–Crippen LogP) is 4.27. The number of alkyl halides is 2. The summed E-state index contributed by atoms with van der Waals surface area (Å²) < 4.78 is 56.9. The zero-order valence-electron chi connectivity index (χ0n) is 15.3. The molecule has 0 atom stereocenters. The van der Waals surface area contributed by atoms with Crippen molar-refractivity contribution in [2.75, 3.05) is 5.32 Å². The van der Waals surface area contributed by atoms with Gasteiger partial charge in [-0.05, 0) is 51.1 Å². The van der Waals surface area contributed by atoms with Gasteiger partial charge < -0.3 is 10.1 Å². The summed E-state index contributed by atoms with van der Waals surface area (Å²) >= 11 is 6.00. The molecule has 152 valence electrons. The van der Waals surface area contributed by atoms with Gasteiger partial charge in [-0.1, -0.05) is 23.7 Å². The summed E-state index contributed by atoms with van der Waals surface area (Å²) in [6.07, 6.45) is 0. The van der Waals surface area contributed by atoms with Crippen LogP contribution < -0.4 is 14.8 Å². The molecule has 28 heavy (non-hydrogen) atoms. The van der Waals surface area contributed by atoms with Crippen molar-refractivity contribution in [3.8, 4) is 5.75 Å². The van der Waals surface area contributed by atoms with E-state index in [9.17, 15) is 22.0 Å². The maximum atomic E-state index is 12.5. The molecule has 0 unspecified atom stereocenters. The summed E-state index contributed by atoms with van der Waals surface area (Å²) in [5.41, 5.74) is -0.767. The van der Waals surface area contributed by atoms with Crippen LogP contribution in [0.15, 0.2) is 47.4 Å². The van der Waals surface area contributed by atoms with E-state index in [0.717, 1.165) is 6.07 Å². The first kappa shape index (κ1) is 22.1. The maximum Gasteiger partial charge on any atom is 0.387 e. The lowest BCUT2D eigenvalue weighted by Gasteiger charge is -2.21. The van der Waals surface area contributed by atoms with Crippen LogP contribution in [0.2, 0.25) is 5.02 Å². The highest BCUT2D eigenvalue weighted by Crippen LogP contribution is 2.28. The third-order valence-electron chi connectivity index (χ3n) is 3.27. The van der Waals surface area contributed by atoms with Crippen molar-refractivity contribution in [1.29, 1.82) is 0 Å². The van der Waals surface area contributed by atoms with Gasteiger partial charge in [0.2, 0.25) is 10.0 Å². The first-order chi connectivity index (χ1) is 12.9. The molecule has 0 bridgehead atoms. The molecule has 1 amide bonds. The molecule has 0 saturated carbocycles. The summed E-state index contributed by atoms with van der Waals surface area (Å²) in [6, 6.07) is 9.36. The smallest absolute Gasteiger partial charge is 0.387 e. The van der Waals surface area contributed by atoms with Crippen LogP contribution >= 0.6 is 11.6 Å². The molecule has 2 aromatic rings. The molecule has 2 rings (SSSR count). The minimum absolute atomic E-state index is 0.0139. The van der Waals surface area contributed by atoms with Crippen molar-refractivity contribution in [3.63, 3.8) is 0 Å². The third kappa shape index (κ3) is 5.88. The van der Waals surface area contributed by atoms with Crippen molar-refractivity contribution in [2.24, 2.45) is 0 Å². The van der Waals surface area contributed by atoms with Crippen molar-refractivity contribution >= 4 is 33.2 Å². The lowest BCUT2D eigenvalue weighted by Crippen LogP contribution is -2.40. The number of ether oxygens (including phenoxy) is 1. The minimum Gasteiger partial charge on any atom is -0.433 e. The van der Waals surface area contributed by atoms with Crippen LogP contribution in [0.25, 0.3) is 0 Å². The molecule has 2 aromatic carbocycles. The number of carbonyl (C=O) groups is 1. The second kappa shape index (κ2) is 8.42. The number of sulfonamides is 1. The Kier molecular flexibility index (Phi) is 6.63. The van der Waals surface area contributed by atoms with Crippen LogP contribution in [0, 0.1) is 0 Å². The lowest BCUT2D eigenvalue weighted by molar-refractivity contribution is -0.0493. The lowest BCUT2D eigenvalue weighted by atomic mass is 10.1. The number of carbonyl (C=O) groups excluding carboxylic acids is 1. The van der Waals surface area contributed by atoms with Crippen LogP contribution in [-0.2, 0) is 10.0 Å². The molecule has 10 heteroatoms. The molecular weight excluding hydrogens is 414 g/mol. The number of hydrogen-bond donors (Lipinski definition) is 2. The average molecular weight is 433 g/mol. The van der Waals surface area contributed by atoms with E-state index in [1.54, 1.807) is 20.8 Å². The van der Waals surface area contributed by atoms with Gasteiger partial charge in [-0.25, -0.2) is 13.1 Å². The van der Waals surface area contributed by atoms with Gasteiger partial charge in [0.15, 0.2) is 0 Å². The zero-order chi connectivity index (χ0) is 21.1. The standard InChI is InChI=1S/C18H19ClF2N2O4S/c1-18(2,3)23-28(25,26)15-10-11(8-9-12(15)19)16(24)22-13-6-4-5-7-14(13)27-17(20)21/h4-10,17,23H,1-3H3,(H,22,24).